The molecule has 17 nitrogen and oxygen atoms in total. The van der Waals surface area contributed by atoms with E-state index in [1.54, 1.807) is 6.92 Å². The van der Waals surface area contributed by atoms with E-state index >= 15 is 0 Å². The van der Waals surface area contributed by atoms with Gasteiger partial charge in [0.1, 0.15) is 24.1 Å². The number of hydrogen-bond acceptors (Lipinski definition) is 12. The minimum atomic E-state index is -5.70. The molecule has 0 saturated carbocycles. The van der Waals surface area contributed by atoms with E-state index in [4.69, 9.17) is 9.47 Å². The summed E-state index contributed by atoms with van der Waals surface area (Å²) in [6, 6.07) is 5.63. The normalized spacial score (nSPS) is 26.6. The molecule has 0 aliphatic carbocycles. The summed E-state index contributed by atoms with van der Waals surface area (Å²) in [6.45, 7) is 0.999. The van der Waals surface area contributed by atoms with Crippen molar-refractivity contribution in [3.05, 3.63) is 57.4 Å². The van der Waals surface area contributed by atoms with E-state index < -0.39 is 70.9 Å². The molecule has 1 aromatic heterocycles. The van der Waals surface area contributed by atoms with Crippen LogP contribution in [0.2, 0.25) is 0 Å². The Morgan fingerprint density at radius 3 is 2.22 bits per heavy atom. The number of benzene rings is 1. The second kappa shape index (κ2) is 11.4. The topological polar surface area (TPSA) is 253 Å². The van der Waals surface area contributed by atoms with Gasteiger partial charge in [-0.15, -0.1) is 0 Å². The first-order valence-corrected chi connectivity index (χ1v) is 14.8. The van der Waals surface area contributed by atoms with Gasteiger partial charge in [-0.3, -0.25) is 23.4 Å². The fourth-order valence-electron chi connectivity index (χ4n) is 3.15. The van der Waals surface area contributed by atoms with E-state index in [2.05, 4.69) is 13.1 Å². The summed E-state index contributed by atoms with van der Waals surface area (Å²) in [4.78, 5) is 54.6. The lowest BCUT2D eigenvalue weighted by atomic mass is 10.1. The first kappa shape index (κ1) is 29.6. The highest BCUT2D eigenvalue weighted by molar-refractivity contribution is 7.71. The lowest BCUT2D eigenvalue weighted by molar-refractivity contribution is -0.0542. The van der Waals surface area contributed by atoms with Gasteiger partial charge >= 0.3 is 28.9 Å². The summed E-state index contributed by atoms with van der Waals surface area (Å²) >= 11 is 0. The molecule has 7 atom stereocenters. The molecule has 206 valence electrons. The van der Waals surface area contributed by atoms with Gasteiger partial charge in [0, 0.05) is 12.3 Å². The quantitative estimate of drug-likeness (QED) is 0.178. The molecule has 1 fully saturated rings. The van der Waals surface area contributed by atoms with Gasteiger partial charge in [0.2, 0.25) is 0 Å². The fourth-order valence-corrected chi connectivity index (χ4v) is 7.12. The fraction of sp³-hybridized carbons (Fsp3) is 0.412. The molecule has 3 rings (SSSR count). The summed E-state index contributed by atoms with van der Waals surface area (Å²) in [5.74, 6) is 0.331. The third kappa shape index (κ3) is 7.54. The number of phosphoric ester groups is 1. The Kier molecular flexibility index (Phi) is 9.13. The van der Waals surface area contributed by atoms with Gasteiger partial charge in [-0.25, -0.2) is 18.2 Å². The molecule has 2 aromatic rings. The molecule has 0 bridgehead atoms. The van der Waals surface area contributed by atoms with Crippen LogP contribution in [0, 0.1) is 0 Å². The summed E-state index contributed by atoms with van der Waals surface area (Å²) in [6.07, 6.45) is -5.65. The Labute approximate surface area is 207 Å². The Balaban J connectivity index is 1.63. The maximum Gasteiger partial charge on any atom is 0.488 e. The van der Waals surface area contributed by atoms with Crippen LogP contribution in [0.25, 0.3) is 0 Å². The van der Waals surface area contributed by atoms with E-state index in [1.807, 2.05) is 4.98 Å². The van der Waals surface area contributed by atoms with Gasteiger partial charge in [0.05, 0.1) is 18.5 Å². The zero-order valence-electron chi connectivity index (χ0n) is 18.8. The van der Waals surface area contributed by atoms with Crippen molar-refractivity contribution in [2.45, 2.75) is 31.5 Å². The van der Waals surface area contributed by atoms with Crippen LogP contribution in [-0.2, 0) is 31.6 Å². The summed E-state index contributed by atoms with van der Waals surface area (Å²) in [5.41, 5.74) is -1.72. The van der Waals surface area contributed by atoms with Crippen LogP contribution >= 0.6 is 23.2 Å². The molecule has 1 aliphatic rings. The Morgan fingerprint density at radius 1 is 0.973 bits per heavy atom. The van der Waals surface area contributed by atoms with Crippen molar-refractivity contribution in [1.29, 1.82) is 0 Å². The van der Waals surface area contributed by atoms with E-state index in [-0.39, 0.29) is 0 Å². The molecular formula is C17H23N2O15P3. The molecule has 20 heteroatoms. The first-order valence-electron chi connectivity index (χ1n) is 10.3. The van der Waals surface area contributed by atoms with Crippen LogP contribution < -0.4 is 21.3 Å². The van der Waals surface area contributed by atoms with E-state index in [0.29, 0.717) is 12.4 Å². The van der Waals surface area contributed by atoms with Crippen molar-refractivity contribution in [2.24, 2.45) is 0 Å². The SMILES string of the molecule is CCOc1ccc(P(=O)(O)OP(=O)(O)OP(=O)(O)OC[C@H]2O[C@@H](n3ccc(=O)[nH]c3=O)[C@@H](O)C2O)cc1. The number of aliphatic hydroxyl groups is 2. The minimum absolute atomic E-state index is 0.312. The van der Waals surface area contributed by atoms with Crippen LogP contribution in [0.5, 0.6) is 5.75 Å². The molecule has 0 amide bonds. The molecule has 2 heterocycles. The number of ether oxygens (including phenoxy) is 2. The average Bonchev–Trinajstić information content (AvgIpc) is 3.05. The van der Waals surface area contributed by atoms with Crippen molar-refractivity contribution < 1.29 is 61.2 Å². The molecule has 1 aliphatic heterocycles. The highest BCUT2D eigenvalue weighted by Crippen LogP contribution is 2.67. The maximum atomic E-state index is 12.4. The van der Waals surface area contributed by atoms with Gasteiger partial charge in [-0.2, -0.15) is 4.31 Å². The number of phosphoric acid groups is 2. The van der Waals surface area contributed by atoms with Gasteiger partial charge < -0.3 is 34.4 Å². The number of nitrogens with one attached hydrogen (secondary N) is 1. The predicted octanol–water partition coefficient (Wildman–Crippen LogP) is -0.684. The van der Waals surface area contributed by atoms with Crippen molar-refractivity contribution >= 4 is 28.5 Å². The van der Waals surface area contributed by atoms with Gasteiger partial charge in [0.15, 0.2) is 6.23 Å². The molecule has 0 spiro atoms. The molecule has 4 unspecified atom stereocenters. The number of hydrogen-bond donors (Lipinski definition) is 6. The zero-order valence-corrected chi connectivity index (χ0v) is 21.5. The summed E-state index contributed by atoms with van der Waals surface area (Å²) in [5, 5.41) is 19.8. The van der Waals surface area contributed by atoms with Crippen LogP contribution in [0.15, 0.2) is 46.1 Å². The van der Waals surface area contributed by atoms with Crippen LogP contribution in [0.1, 0.15) is 13.2 Å². The van der Waals surface area contributed by atoms with Crippen LogP contribution in [0.4, 0.5) is 0 Å². The number of aromatic amines is 1. The number of aliphatic hydroxyl groups excluding tert-OH is 2. The molecule has 1 aromatic carbocycles. The number of aromatic nitrogens is 2. The highest BCUT2D eigenvalue weighted by Gasteiger charge is 2.47. The zero-order chi connectivity index (χ0) is 27.6. The maximum absolute atomic E-state index is 12.4. The van der Waals surface area contributed by atoms with Crippen molar-refractivity contribution in [1.82, 2.24) is 9.55 Å². The highest BCUT2D eigenvalue weighted by atomic mass is 31.3. The third-order valence-electron chi connectivity index (χ3n) is 4.76. The lowest BCUT2D eigenvalue weighted by Gasteiger charge is -2.20. The standard InChI is InChI=1S/C17H23N2O15P3/c1-2-30-10-3-5-11(6-4-10)35(24,25)33-37(28,29)34-36(26,27)31-9-12-14(21)15(22)16(32-12)19-8-7-13(20)18-17(19)23/h3-8,12,14-16,21-22H,2,9H2,1H3,(H,24,25)(H,26,27)(H,28,29)(H,18,20,23)/t12-,14?,15+,16-/m1/s1. The predicted molar refractivity (Wildman–Crippen MR) is 122 cm³/mol. The first-order chi connectivity index (χ1) is 17.1. The summed E-state index contributed by atoms with van der Waals surface area (Å²) < 4.78 is 60.6. The number of H-pyrrole nitrogens is 1. The largest absolute Gasteiger partial charge is 0.494 e. The monoisotopic (exact) mass is 588 g/mol. The third-order valence-corrected chi connectivity index (χ3v) is 9.55. The van der Waals surface area contributed by atoms with E-state index in [1.165, 1.54) is 12.1 Å². The van der Waals surface area contributed by atoms with Crippen LogP contribution in [0.3, 0.4) is 0 Å². The number of rotatable bonds is 11. The smallest absolute Gasteiger partial charge is 0.488 e. The Morgan fingerprint density at radius 2 is 1.62 bits per heavy atom. The van der Waals surface area contributed by atoms with E-state index in [9.17, 15) is 48.2 Å². The minimum Gasteiger partial charge on any atom is -0.494 e. The van der Waals surface area contributed by atoms with Gasteiger partial charge in [-0.1, -0.05) is 0 Å². The second-order valence-electron chi connectivity index (χ2n) is 7.41. The molecular weight excluding hydrogens is 565 g/mol. The number of nitrogens with zero attached hydrogens (tertiary/aromatic N) is 1. The molecule has 37 heavy (non-hydrogen) atoms. The Bertz CT molecular complexity index is 1360. The van der Waals surface area contributed by atoms with Crippen molar-refractivity contribution in [2.75, 3.05) is 13.2 Å². The second-order valence-corrected chi connectivity index (χ2v) is 12.4. The molecule has 6 N–H and O–H groups in total. The molecule has 1 saturated heterocycles. The summed E-state index contributed by atoms with van der Waals surface area (Å²) in [7, 11) is -16.2. The van der Waals surface area contributed by atoms with Gasteiger partial charge in [0.25, 0.3) is 5.56 Å². The van der Waals surface area contributed by atoms with Crippen LogP contribution in [-0.4, -0.2) is 66.0 Å². The average molecular weight is 588 g/mol. The van der Waals surface area contributed by atoms with Crippen molar-refractivity contribution in [3.8, 4) is 5.75 Å². The molecule has 0 radical (unpaired) electrons. The lowest BCUT2D eigenvalue weighted by Crippen LogP contribution is -2.37. The van der Waals surface area contributed by atoms with Crippen molar-refractivity contribution in [3.63, 3.8) is 0 Å². The Hall–Kier alpha value is -1.97. The van der Waals surface area contributed by atoms with Gasteiger partial charge in [-0.05, 0) is 31.2 Å². The van der Waals surface area contributed by atoms with E-state index in [0.717, 1.165) is 29.0 Å².